The van der Waals surface area contributed by atoms with Crippen LogP contribution >= 0.6 is 0 Å². The summed E-state index contributed by atoms with van der Waals surface area (Å²) >= 11 is 0. The molecule has 7 nitrogen and oxygen atoms in total. The van der Waals surface area contributed by atoms with E-state index in [-0.39, 0.29) is 16.6 Å². The lowest BCUT2D eigenvalue weighted by Crippen LogP contribution is -2.31. The van der Waals surface area contributed by atoms with Crippen LogP contribution in [0.3, 0.4) is 0 Å². The van der Waals surface area contributed by atoms with Gasteiger partial charge in [0.25, 0.3) is 0 Å². The van der Waals surface area contributed by atoms with Crippen molar-refractivity contribution in [1.82, 2.24) is 14.3 Å². The predicted molar refractivity (Wildman–Crippen MR) is 70.3 cm³/mol. The van der Waals surface area contributed by atoms with Gasteiger partial charge in [0, 0.05) is 19.1 Å². The molecule has 1 saturated heterocycles. The van der Waals surface area contributed by atoms with Crippen LogP contribution in [-0.4, -0.2) is 41.8 Å². The minimum absolute atomic E-state index is 0.106. The van der Waals surface area contributed by atoms with Gasteiger partial charge in [-0.3, -0.25) is 0 Å². The molecular formula is C11H14N4O3S. The number of nitrogens with two attached hydrogens (primary N) is 1. The van der Waals surface area contributed by atoms with Crippen molar-refractivity contribution in [2.45, 2.75) is 17.4 Å². The number of aromatic nitrogens is 2. The van der Waals surface area contributed by atoms with E-state index >= 15 is 0 Å². The summed E-state index contributed by atoms with van der Waals surface area (Å²) in [5.74, 6) is 0. The monoisotopic (exact) mass is 282 g/mol. The molecule has 1 aliphatic heterocycles. The predicted octanol–water partition coefficient (Wildman–Crippen LogP) is -0.422. The average molecular weight is 282 g/mol. The number of sulfonamides is 1. The molecule has 1 aliphatic rings. The third kappa shape index (κ3) is 2.07. The Morgan fingerprint density at radius 2 is 2.00 bits per heavy atom. The lowest BCUT2D eigenvalue weighted by atomic mass is 10.3. The van der Waals surface area contributed by atoms with E-state index in [1.807, 2.05) is 0 Å². The highest BCUT2D eigenvalue weighted by atomic mass is 32.2. The molecular weight excluding hydrogens is 268 g/mol. The molecule has 0 spiro atoms. The van der Waals surface area contributed by atoms with Crippen LogP contribution in [0.5, 0.6) is 0 Å². The summed E-state index contributed by atoms with van der Waals surface area (Å²) in [4.78, 5) is 16.5. The fourth-order valence-corrected chi connectivity index (χ4v) is 3.83. The maximum atomic E-state index is 12.4. The van der Waals surface area contributed by atoms with Crippen molar-refractivity contribution in [2.24, 2.45) is 5.73 Å². The Morgan fingerprint density at radius 1 is 1.26 bits per heavy atom. The standard InChI is InChI=1S/C11H14N4O3S/c12-7-3-4-15(6-7)19(17,18)8-1-2-9-10(5-8)14-11(16)13-9/h1-2,5,7H,3-4,6,12H2,(H2,13,14,16)/t7-/m1/s1. The van der Waals surface area contributed by atoms with Crippen LogP contribution in [-0.2, 0) is 10.0 Å². The van der Waals surface area contributed by atoms with Crippen molar-refractivity contribution < 1.29 is 8.42 Å². The number of aromatic amines is 2. The molecule has 8 heteroatoms. The largest absolute Gasteiger partial charge is 0.326 e. The number of imidazole rings is 1. The summed E-state index contributed by atoms with van der Waals surface area (Å²) in [6.07, 6.45) is 0.669. The maximum Gasteiger partial charge on any atom is 0.323 e. The molecule has 2 heterocycles. The van der Waals surface area contributed by atoms with E-state index < -0.39 is 10.0 Å². The van der Waals surface area contributed by atoms with Gasteiger partial charge in [-0.2, -0.15) is 4.31 Å². The summed E-state index contributed by atoms with van der Waals surface area (Å²) in [6.45, 7) is 0.773. The molecule has 0 amide bonds. The van der Waals surface area contributed by atoms with Crippen LogP contribution in [0.25, 0.3) is 11.0 Å². The second-order valence-corrected chi connectivity index (χ2v) is 6.64. The zero-order chi connectivity index (χ0) is 13.6. The zero-order valence-corrected chi connectivity index (χ0v) is 10.9. The van der Waals surface area contributed by atoms with Crippen LogP contribution in [0.1, 0.15) is 6.42 Å². The van der Waals surface area contributed by atoms with Crippen LogP contribution in [0, 0.1) is 0 Å². The number of nitrogens with one attached hydrogen (secondary N) is 2. The first-order valence-corrected chi connectivity index (χ1v) is 7.38. The molecule has 1 aromatic carbocycles. The van der Waals surface area contributed by atoms with Crippen molar-refractivity contribution in [3.63, 3.8) is 0 Å². The number of fused-ring (bicyclic) bond motifs is 1. The van der Waals surface area contributed by atoms with Crippen LogP contribution in [0.2, 0.25) is 0 Å². The van der Waals surface area contributed by atoms with Crippen molar-refractivity contribution in [2.75, 3.05) is 13.1 Å². The van der Waals surface area contributed by atoms with Crippen molar-refractivity contribution >= 4 is 21.1 Å². The molecule has 4 N–H and O–H groups in total. The summed E-state index contributed by atoms with van der Waals surface area (Å²) in [6, 6.07) is 4.43. The first kappa shape index (κ1) is 12.4. The Morgan fingerprint density at radius 3 is 2.68 bits per heavy atom. The molecule has 0 radical (unpaired) electrons. The summed E-state index contributed by atoms with van der Waals surface area (Å²) in [5, 5.41) is 0. The molecule has 2 aromatic rings. The zero-order valence-electron chi connectivity index (χ0n) is 10.1. The van der Waals surface area contributed by atoms with Crippen LogP contribution in [0.15, 0.2) is 27.9 Å². The fraction of sp³-hybridized carbons (Fsp3) is 0.364. The van der Waals surface area contributed by atoms with Gasteiger partial charge in [-0.15, -0.1) is 0 Å². The molecule has 3 rings (SSSR count). The van der Waals surface area contributed by atoms with E-state index in [4.69, 9.17) is 5.73 Å². The lowest BCUT2D eigenvalue weighted by molar-refractivity contribution is 0.472. The molecule has 0 bridgehead atoms. The Bertz CT molecular complexity index is 777. The van der Waals surface area contributed by atoms with Gasteiger partial charge in [-0.25, -0.2) is 13.2 Å². The smallest absolute Gasteiger partial charge is 0.323 e. The second kappa shape index (κ2) is 4.19. The number of hydrogen-bond donors (Lipinski definition) is 3. The minimum Gasteiger partial charge on any atom is -0.326 e. The number of nitrogens with zero attached hydrogens (tertiary/aromatic N) is 1. The van der Waals surface area contributed by atoms with Crippen molar-refractivity contribution in [3.8, 4) is 0 Å². The van der Waals surface area contributed by atoms with E-state index in [0.29, 0.717) is 30.5 Å². The lowest BCUT2D eigenvalue weighted by Gasteiger charge is -2.15. The van der Waals surface area contributed by atoms with Gasteiger partial charge < -0.3 is 15.7 Å². The average Bonchev–Trinajstić information content (AvgIpc) is 2.93. The third-order valence-corrected chi connectivity index (χ3v) is 5.17. The summed E-state index contributed by atoms with van der Waals surface area (Å²) in [7, 11) is -3.54. The van der Waals surface area contributed by atoms with E-state index in [1.165, 1.54) is 16.4 Å². The molecule has 1 atom stereocenters. The summed E-state index contributed by atoms with van der Waals surface area (Å²) < 4.78 is 26.2. The number of rotatable bonds is 2. The second-order valence-electron chi connectivity index (χ2n) is 4.70. The Labute approximate surface area is 109 Å². The highest BCUT2D eigenvalue weighted by Gasteiger charge is 2.31. The van der Waals surface area contributed by atoms with Gasteiger partial charge >= 0.3 is 5.69 Å². The van der Waals surface area contributed by atoms with Gasteiger partial charge in [0.15, 0.2) is 0 Å². The van der Waals surface area contributed by atoms with Gasteiger partial charge in [-0.1, -0.05) is 0 Å². The van der Waals surface area contributed by atoms with Crippen LogP contribution < -0.4 is 11.4 Å². The van der Waals surface area contributed by atoms with Crippen LogP contribution in [0.4, 0.5) is 0 Å². The molecule has 0 aliphatic carbocycles. The van der Waals surface area contributed by atoms with E-state index in [9.17, 15) is 13.2 Å². The molecule has 0 unspecified atom stereocenters. The topological polar surface area (TPSA) is 112 Å². The molecule has 19 heavy (non-hydrogen) atoms. The molecule has 102 valence electrons. The summed E-state index contributed by atoms with van der Waals surface area (Å²) in [5.41, 5.74) is 6.45. The maximum absolute atomic E-state index is 12.4. The Hall–Kier alpha value is -1.64. The molecule has 1 fully saturated rings. The fourth-order valence-electron chi connectivity index (χ4n) is 2.29. The normalized spacial score (nSPS) is 21.2. The SMILES string of the molecule is N[C@@H]1CCN(S(=O)(=O)c2ccc3[nH]c(=O)[nH]c3c2)C1. The number of hydrogen-bond acceptors (Lipinski definition) is 4. The van der Waals surface area contributed by atoms with Gasteiger partial charge in [0.05, 0.1) is 15.9 Å². The Balaban J connectivity index is 2.05. The van der Waals surface area contributed by atoms with Crippen molar-refractivity contribution in [1.29, 1.82) is 0 Å². The minimum atomic E-state index is -3.54. The van der Waals surface area contributed by atoms with Gasteiger partial charge in [0.2, 0.25) is 10.0 Å². The Kier molecular flexibility index (Phi) is 2.73. The van der Waals surface area contributed by atoms with Crippen molar-refractivity contribution in [3.05, 3.63) is 28.7 Å². The first-order valence-electron chi connectivity index (χ1n) is 5.94. The third-order valence-electron chi connectivity index (χ3n) is 3.31. The highest BCUT2D eigenvalue weighted by molar-refractivity contribution is 7.89. The number of benzene rings is 1. The first-order chi connectivity index (χ1) is 8.96. The van der Waals surface area contributed by atoms with Gasteiger partial charge in [-0.05, 0) is 24.6 Å². The highest BCUT2D eigenvalue weighted by Crippen LogP contribution is 2.22. The van der Waals surface area contributed by atoms with Gasteiger partial charge in [0.1, 0.15) is 0 Å². The van der Waals surface area contributed by atoms with E-state index in [2.05, 4.69) is 9.97 Å². The van der Waals surface area contributed by atoms with E-state index in [0.717, 1.165) is 0 Å². The molecule has 1 aromatic heterocycles. The van der Waals surface area contributed by atoms with E-state index in [1.54, 1.807) is 6.07 Å². The number of H-pyrrole nitrogens is 2. The quantitative estimate of drug-likeness (QED) is 0.694. The molecule has 0 saturated carbocycles.